The highest BCUT2D eigenvalue weighted by atomic mass is 35.5. The zero-order valence-corrected chi connectivity index (χ0v) is 16.3. The van der Waals surface area contributed by atoms with Crippen molar-refractivity contribution in [3.8, 4) is 0 Å². The highest BCUT2D eigenvalue weighted by Gasteiger charge is 2.34. The van der Waals surface area contributed by atoms with Crippen molar-refractivity contribution in [3.05, 3.63) is 64.7 Å². The number of likely N-dealkylation sites (N-methyl/N-ethyl adjacent to an activating group) is 1. The molecular weight excluding hydrogens is 429 g/mol. The van der Waals surface area contributed by atoms with Crippen LogP contribution in [0.1, 0.15) is 24.1 Å². The summed E-state index contributed by atoms with van der Waals surface area (Å²) in [4.78, 5) is 30.7. The molecule has 7 nitrogen and oxygen atoms in total. The zero-order chi connectivity index (χ0) is 22.9. The Hall–Kier alpha value is -3.11. The summed E-state index contributed by atoms with van der Waals surface area (Å²) in [6.45, 7) is 2.30. The predicted octanol–water partition coefficient (Wildman–Crippen LogP) is 3.80. The maximum absolute atomic E-state index is 13.1. The highest BCUT2D eigenvalue weighted by molar-refractivity contribution is 6.30. The van der Waals surface area contributed by atoms with Crippen molar-refractivity contribution in [1.29, 1.82) is 0 Å². The van der Waals surface area contributed by atoms with E-state index in [-0.39, 0.29) is 10.7 Å². The van der Waals surface area contributed by atoms with Crippen LogP contribution in [0.25, 0.3) is 0 Å². The van der Waals surface area contributed by atoms with Crippen LogP contribution in [0.5, 0.6) is 0 Å². The number of carbonyl (C=O) groups excluding carboxylic acids is 1. The number of carboxylic acids is 2. The molecule has 1 amide bonds. The first-order valence-electron chi connectivity index (χ1n) is 8.39. The number of rotatable bonds is 5. The molecule has 1 unspecified atom stereocenters. The number of hydrogen-bond acceptors (Lipinski definition) is 4. The van der Waals surface area contributed by atoms with E-state index in [9.17, 15) is 18.0 Å². The van der Waals surface area contributed by atoms with Gasteiger partial charge in [-0.15, -0.1) is 0 Å². The number of anilines is 1. The Labute approximate surface area is 174 Å². The van der Waals surface area contributed by atoms with E-state index in [4.69, 9.17) is 31.4 Å². The van der Waals surface area contributed by atoms with Crippen molar-refractivity contribution in [2.24, 2.45) is 0 Å². The Morgan fingerprint density at radius 1 is 1.03 bits per heavy atom. The van der Waals surface area contributed by atoms with Crippen molar-refractivity contribution in [3.63, 3.8) is 0 Å². The Kier molecular flexibility index (Phi) is 9.28. The summed E-state index contributed by atoms with van der Waals surface area (Å²) in [6, 6.07) is 11.3. The smallest absolute Gasteiger partial charge is 0.418 e. The Morgan fingerprint density at radius 3 is 2.07 bits per heavy atom. The van der Waals surface area contributed by atoms with E-state index in [0.717, 1.165) is 12.1 Å². The SMILES string of the molecule is CCNC(C(=O)Nc1ccc(Cl)cc1C(F)(F)F)c1ccccc1.O=C(O)C(=O)O. The summed E-state index contributed by atoms with van der Waals surface area (Å²) >= 11 is 5.64. The monoisotopic (exact) mass is 446 g/mol. The molecule has 2 aromatic carbocycles. The summed E-state index contributed by atoms with van der Waals surface area (Å²) in [5.74, 6) is -4.22. The minimum atomic E-state index is -4.62. The number of amides is 1. The van der Waals surface area contributed by atoms with Gasteiger partial charge in [-0.1, -0.05) is 48.9 Å². The average Bonchev–Trinajstić information content (AvgIpc) is 2.67. The summed E-state index contributed by atoms with van der Waals surface area (Å²) in [5.41, 5.74) is -0.637. The molecular formula is C19H18ClF3N2O5. The van der Waals surface area contributed by atoms with E-state index < -0.39 is 35.6 Å². The molecule has 0 bridgehead atoms. The molecule has 2 rings (SSSR count). The lowest BCUT2D eigenvalue weighted by atomic mass is 10.1. The second-order valence-electron chi connectivity index (χ2n) is 5.69. The third-order valence-electron chi connectivity index (χ3n) is 3.53. The fourth-order valence-electron chi connectivity index (χ4n) is 2.28. The lowest BCUT2D eigenvalue weighted by Crippen LogP contribution is -2.33. The number of halogens is 4. The fraction of sp³-hybridized carbons (Fsp3) is 0.211. The number of aliphatic carboxylic acids is 2. The Bertz CT molecular complexity index is 879. The lowest BCUT2D eigenvalue weighted by Gasteiger charge is -2.20. The Morgan fingerprint density at radius 2 is 1.60 bits per heavy atom. The Balaban J connectivity index is 0.000000656. The molecule has 0 aliphatic carbocycles. The zero-order valence-electron chi connectivity index (χ0n) is 15.5. The van der Waals surface area contributed by atoms with Crippen LogP contribution < -0.4 is 10.6 Å². The van der Waals surface area contributed by atoms with Gasteiger partial charge in [0.05, 0.1) is 11.3 Å². The maximum Gasteiger partial charge on any atom is 0.418 e. The third-order valence-corrected chi connectivity index (χ3v) is 3.77. The topological polar surface area (TPSA) is 116 Å². The van der Waals surface area contributed by atoms with Crippen LogP contribution in [-0.2, 0) is 20.6 Å². The van der Waals surface area contributed by atoms with Gasteiger partial charge in [0.15, 0.2) is 0 Å². The molecule has 0 aliphatic heterocycles. The van der Waals surface area contributed by atoms with Gasteiger partial charge in [0, 0.05) is 5.02 Å². The number of carboxylic acid groups (broad SMARTS) is 2. The third kappa shape index (κ3) is 7.72. The molecule has 0 fully saturated rings. The van der Waals surface area contributed by atoms with Gasteiger partial charge in [0.1, 0.15) is 6.04 Å². The van der Waals surface area contributed by atoms with Crippen molar-refractivity contribution < 1.29 is 37.8 Å². The molecule has 0 aliphatic rings. The number of nitrogens with one attached hydrogen (secondary N) is 2. The molecule has 0 heterocycles. The van der Waals surface area contributed by atoms with E-state index in [1.165, 1.54) is 6.07 Å². The molecule has 0 saturated heterocycles. The van der Waals surface area contributed by atoms with Crippen molar-refractivity contribution in [2.45, 2.75) is 19.1 Å². The first-order valence-corrected chi connectivity index (χ1v) is 8.77. The minimum absolute atomic E-state index is 0.0494. The number of carbonyl (C=O) groups is 3. The van der Waals surface area contributed by atoms with E-state index in [2.05, 4.69) is 10.6 Å². The van der Waals surface area contributed by atoms with E-state index in [1.54, 1.807) is 30.3 Å². The van der Waals surface area contributed by atoms with Gasteiger partial charge >= 0.3 is 18.1 Å². The molecule has 0 aromatic heterocycles. The van der Waals surface area contributed by atoms with Crippen LogP contribution in [-0.4, -0.2) is 34.6 Å². The van der Waals surface area contributed by atoms with Gasteiger partial charge in [0.25, 0.3) is 0 Å². The highest BCUT2D eigenvalue weighted by Crippen LogP contribution is 2.36. The van der Waals surface area contributed by atoms with Crippen molar-refractivity contribution in [2.75, 3.05) is 11.9 Å². The molecule has 1 atom stereocenters. The predicted molar refractivity (Wildman–Crippen MR) is 103 cm³/mol. The van der Waals surface area contributed by atoms with Gasteiger partial charge in [-0.05, 0) is 30.3 Å². The standard InChI is InChI=1S/C17H16ClF3N2O.C2H2O4/c1-2-22-15(11-6-4-3-5-7-11)16(24)23-14-9-8-12(18)10-13(14)17(19,20)21;3-1(4)2(5)6/h3-10,15,22H,2H2,1H3,(H,23,24);(H,3,4)(H,5,6). The van der Waals surface area contributed by atoms with Gasteiger partial charge in [-0.25, -0.2) is 9.59 Å². The molecule has 30 heavy (non-hydrogen) atoms. The van der Waals surface area contributed by atoms with Gasteiger partial charge in [0.2, 0.25) is 5.91 Å². The average molecular weight is 447 g/mol. The van der Waals surface area contributed by atoms with Crippen molar-refractivity contribution >= 4 is 35.1 Å². The summed E-state index contributed by atoms with van der Waals surface area (Å²) in [6.07, 6.45) is -4.62. The van der Waals surface area contributed by atoms with Crippen LogP contribution >= 0.6 is 11.6 Å². The normalized spacial score (nSPS) is 11.6. The molecule has 4 N–H and O–H groups in total. The largest absolute Gasteiger partial charge is 0.473 e. The quantitative estimate of drug-likeness (QED) is 0.519. The van der Waals surface area contributed by atoms with E-state index in [0.29, 0.717) is 12.1 Å². The lowest BCUT2D eigenvalue weighted by molar-refractivity contribution is -0.159. The summed E-state index contributed by atoms with van der Waals surface area (Å²) in [7, 11) is 0. The fourth-order valence-corrected chi connectivity index (χ4v) is 2.45. The first kappa shape index (κ1) is 24.9. The molecule has 0 spiro atoms. The van der Waals surface area contributed by atoms with Gasteiger partial charge in [-0.3, -0.25) is 4.79 Å². The number of benzene rings is 2. The molecule has 162 valence electrons. The first-order chi connectivity index (χ1) is 14.0. The van der Waals surface area contributed by atoms with E-state index >= 15 is 0 Å². The summed E-state index contributed by atoms with van der Waals surface area (Å²) < 4.78 is 39.4. The van der Waals surface area contributed by atoms with Crippen LogP contribution in [0.3, 0.4) is 0 Å². The van der Waals surface area contributed by atoms with Crippen molar-refractivity contribution in [1.82, 2.24) is 5.32 Å². The second kappa shape index (κ2) is 11.2. The molecule has 0 saturated carbocycles. The van der Waals surface area contributed by atoms with Crippen LogP contribution in [0.4, 0.5) is 18.9 Å². The second-order valence-corrected chi connectivity index (χ2v) is 6.13. The molecule has 11 heteroatoms. The van der Waals surface area contributed by atoms with Gasteiger partial charge in [-0.2, -0.15) is 13.2 Å². The molecule has 2 aromatic rings. The van der Waals surface area contributed by atoms with E-state index in [1.807, 2.05) is 6.92 Å². The number of alkyl halides is 3. The number of hydrogen-bond donors (Lipinski definition) is 4. The van der Waals surface area contributed by atoms with Crippen LogP contribution in [0, 0.1) is 0 Å². The summed E-state index contributed by atoms with van der Waals surface area (Å²) in [5, 5.41) is 20.0. The maximum atomic E-state index is 13.1. The van der Waals surface area contributed by atoms with Crippen LogP contribution in [0.15, 0.2) is 48.5 Å². The minimum Gasteiger partial charge on any atom is -0.473 e. The molecule has 0 radical (unpaired) electrons. The van der Waals surface area contributed by atoms with Crippen LogP contribution in [0.2, 0.25) is 5.02 Å². The van der Waals surface area contributed by atoms with Gasteiger partial charge < -0.3 is 20.8 Å².